The minimum atomic E-state index is 0.638. The van der Waals surface area contributed by atoms with E-state index in [0.717, 1.165) is 30.8 Å². The quantitative estimate of drug-likeness (QED) is 0.873. The molecule has 0 amide bonds. The number of anilines is 1. The molecule has 0 atom stereocenters. The van der Waals surface area contributed by atoms with E-state index >= 15 is 0 Å². The summed E-state index contributed by atoms with van der Waals surface area (Å²) in [7, 11) is 0. The molecule has 0 saturated heterocycles. The first kappa shape index (κ1) is 14.8. The molecule has 2 fully saturated rings. The monoisotopic (exact) mass is 288 g/mol. The summed E-state index contributed by atoms with van der Waals surface area (Å²) in [5.74, 6) is 0.928. The van der Waals surface area contributed by atoms with Crippen LogP contribution in [-0.4, -0.2) is 28.6 Å². The summed E-state index contributed by atoms with van der Waals surface area (Å²) < 4.78 is 0. The van der Waals surface area contributed by atoms with Gasteiger partial charge >= 0.3 is 0 Å². The van der Waals surface area contributed by atoms with Crippen molar-refractivity contribution < 1.29 is 0 Å². The smallest absolute Gasteiger partial charge is 0.225 e. The fourth-order valence-corrected chi connectivity index (χ4v) is 3.29. The van der Waals surface area contributed by atoms with Crippen molar-refractivity contribution in [1.29, 1.82) is 0 Å². The van der Waals surface area contributed by atoms with Gasteiger partial charge < -0.3 is 10.2 Å². The zero-order chi connectivity index (χ0) is 14.7. The lowest BCUT2D eigenvalue weighted by Gasteiger charge is -2.33. The maximum atomic E-state index is 4.79. The zero-order valence-electron chi connectivity index (χ0n) is 13.4. The first-order valence-corrected chi connectivity index (χ1v) is 8.60. The van der Waals surface area contributed by atoms with Crippen molar-refractivity contribution in [2.24, 2.45) is 0 Å². The Morgan fingerprint density at radius 1 is 1.19 bits per heavy atom. The first-order chi connectivity index (χ1) is 10.3. The summed E-state index contributed by atoms with van der Waals surface area (Å²) in [6, 6.07) is 1.37. The molecular weight excluding hydrogens is 260 g/mol. The number of aryl methyl sites for hydroxylation is 1. The van der Waals surface area contributed by atoms with Gasteiger partial charge in [-0.2, -0.15) is 0 Å². The van der Waals surface area contributed by atoms with Gasteiger partial charge in [-0.15, -0.1) is 0 Å². The molecule has 3 rings (SSSR count). The van der Waals surface area contributed by atoms with Crippen molar-refractivity contribution >= 4 is 5.95 Å². The fourth-order valence-electron chi connectivity index (χ4n) is 3.29. The van der Waals surface area contributed by atoms with Crippen LogP contribution in [0.3, 0.4) is 0 Å². The second kappa shape index (κ2) is 6.73. The lowest BCUT2D eigenvalue weighted by Crippen LogP contribution is -2.38. The van der Waals surface area contributed by atoms with Crippen LogP contribution >= 0.6 is 0 Å². The topological polar surface area (TPSA) is 41.1 Å². The summed E-state index contributed by atoms with van der Waals surface area (Å²) in [6.07, 6.45) is 11.3. The molecule has 2 aliphatic rings. The van der Waals surface area contributed by atoms with Crippen LogP contribution in [0.25, 0.3) is 0 Å². The number of rotatable bonds is 6. The van der Waals surface area contributed by atoms with E-state index in [2.05, 4.69) is 29.0 Å². The lowest BCUT2D eigenvalue weighted by molar-refractivity contribution is 0.414. The van der Waals surface area contributed by atoms with Gasteiger partial charge in [0.1, 0.15) is 0 Å². The van der Waals surface area contributed by atoms with E-state index in [9.17, 15) is 0 Å². The zero-order valence-corrected chi connectivity index (χ0v) is 13.4. The minimum Gasteiger partial charge on any atom is -0.338 e. The molecule has 2 aliphatic carbocycles. The third-order valence-corrected chi connectivity index (χ3v) is 4.84. The highest BCUT2D eigenvalue weighted by atomic mass is 15.3. The van der Waals surface area contributed by atoms with Crippen molar-refractivity contribution in [2.45, 2.75) is 77.4 Å². The van der Waals surface area contributed by atoms with Gasteiger partial charge in [-0.05, 0) is 39.5 Å². The molecule has 1 heterocycles. The Bertz CT molecular complexity index is 464. The number of hydrogen-bond donors (Lipinski definition) is 1. The Kier molecular flexibility index (Phi) is 4.73. The average molecular weight is 288 g/mol. The molecule has 0 unspecified atom stereocenters. The molecule has 0 aromatic carbocycles. The Hall–Kier alpha value is -1.16. The summed E-state index contributed by atoms with van der Waals surface area (Å²) >= 11 is 0. The summed E-state index contributed by atoms with van der Waals surface area (Å²) in [5.41, 5.74) is 2.37. The number of aromatic nitrogens is 2. The molecule has 1 N–H and O–H groups in total. The van der Waals surface area contributed by atoms with Crippen molar-refractivity contribution in [3.63, 3.8) is 0 Å². The molecule has 4 heteroatoms. The molecule has 1 aromatic heterocycles. The predicted molar refractivity (Wildman–Crippen MR) is 86.5 cm³/mol. The Morgan fingerprint density at radius 2 is 1.95 bits per heavy atom. The van der Waals surface area contributed by atoms with E-state index in [1.807, 2.05) is 6.20 Å². The van der Waals surface area contributed by atoms with Crippen LogP contribution in [0, 0.1) is 6.92 Å². The Labute approximate surface area is 128 Å². The third kappa shape index (κ3) is 3.73. The second-order valence-corrected chi connectivity index (χ2v) is 6.51. The van der Waals surface area contributed by atoms with Crippen LogP contribution in [0.15, 0.2) is 6.20 Å². The standard InChI is InChI=1S/C17H28N4/c1-3-21(16-7-5-4-6-8-16)17-19-12-14(13(2)20-17)11-18-15-9-10-15/h12,15-16,18H,3-11H2,1-2H3. The van der Waals surface area contributed by atoms with Crippen LogP contribution in [0.4, 0.5) is 5.95 Å². The number of nitrogens with one attached hydrogen (secondary N) is 1. The van der Waals surface area contributed by atoms with Gasteiger partial charge in [0.15, 0.2) is 0 Å². The molecule has 4 nitrogen and oxygen atoms in total. The van der Waals surface area contributed by atoms with E-state index in [0.29, 0.717) is 6.04 Å². The highest BCUT2D eigenvalue weighted by molar-refractivity contribution is 5.34. The van der Waals surface area contributed by atoms with E-state index in [-0.39, 0.29) is 0 Å². The lowest BCUT2D eigenvalue weighted by atomic mass is 9.94. The van der Waals surface area contributed by atoms with Crippen LogP contribution in [0.2, 0.25) is 0 Å². The van der Waals surface area contributed by atoms with Crippen LogP contribution in [0.1, 0.15) is 63.1 Å². The minimum absolute atomic E-state index is 0.638. The molecule has 0 radical (unpaired) electrons. The SMILES string of the molecule is CCN(c1ncc(CNC2CC2)c(C)n1)C1CCCCC1. The van der Waals surface area contributed by atoms with Gasteiger partial charge in [0, 0.05) is 42.6 Å². The summed E-state index contributed by atoms with van der Waals surface area (Å²) in [6.45, 7) is 6.25. The van der Waals surface area contributed by atoms with Crippen LogP contribution < -0.4 is 10.2 Å². The van der Waals surface area contributed by atoms with Crippen molar-refractivity contribution in [3.05, 3.63) is 17.5 Å². The van der Waals surface area contributed by atoms with E-state index < -0.39 is 0 Å². The van der Waals surface area contributed by atoms with Gasteiger partial charge in [-0.1, -0.05) is 19.3 Å². The predicted octanol–water partition coefficient (Wildman–Crippen LogP) is 3.20. The molecule has 0 spiro atoms. The second-order valence-electron chi connectivity index (χ2n) is 6.51. The average Bonchev–Trinajstić information content (AvgIpc) is 3.32. The molecule has 21 heavy (non-hydrogen) atoms. The van der Waals surface area contributed by atoms with Gasteiger partial charge in [0.05, 0.1) is 0 Å². The maximum absolute atomic E-state index is 4.79. The molecular formula is C17H28N4. The van der Waals surface area contributed by atoms with E-state index in [4.69, 9.17) is 4.98 Å². The Balaban J connectivity index is 1.69. The van der Waals surface area contributed by atoms with Gasteiger partial charge in [0.2, 0.25) is 5.95 Å². The van der Waals surface area contributed by atoms with E-state index in [1.54, 1.807) is 0 Å². The number of hydrogen-bond acceptors (Lipinski definition) is 4. The summed E-state index contributed by atoms with van der Waals surface area (Å²) in [4.78, 5) is 11.9. The first-order valence-electron chi connectivity index (χ1n) is 8.60. The normalized spacial score (nSPS) is 19.7. The van der Waals surface area contributed by atoms with E-state index in [1.165, 1.54) is 50.5 Å². The molecule has 0 aliphatic heterocycles. The highest BCUT2D eigenvalue weighted by Crippen LogP contribution is 2.25. The Morgan fingerprint density at radius 3 is 2.57 bits per heavy atom. The largest absolute Gasteiger partial charge is 0.338 e. The van der Waals surface area contributed by atoms with Crippen molar-refractivity contribution in [2.75, 3.05) is 11.4 Å². The van der Waals surface area contributed by atoms with Crippen LogP contribution in [0.5, 0.6) is 0 Å². The highest BCUT2D eigenvalue weighted by Gasteiger charge is 2.23. The summed E-state index contributed by atoms with van der Waals surface area (Å²) in [5, 5.41) is 3.55. The van der Waals surface area contributed by atoms with Gasteiger partial charge in [-0.3, -0.25) is 0 Å². The van der Waals surface area contributed by atoms with Gasteiger partial charge in [-0.25, -0.2) is 9.97 Å². The molecule has 2 saturated carbocycles. The fraction of sp³-hybridized carbons (Fsp3) is 0.765. The number of nitrogens with zero attached hydrogens (tertiary/aromatic N) is 3. The van der Waals surface area contributed by atoms with Gasteiger partial charge in [0.25, 0.3) is 0 Å². The van der Waals surface area contributed by atoms with Crippen molar-refractivity contribution in [1.82, 2.24) is 15.3 Å². The molecule has 1 aromatic rings. The molecule has 116 valence electrons. The van der Waals surface area contributed by atoms with Crippen molar-refractivity contribution in [3.8, 4) is 0 Å². The third-order valence-electron chi connectivity index (χ3n) is 4.84. The van der Waals surface area contributed by atoms with Crippen LogP contribution in [-0.2, 0) is 6.54 Å². The maximum Gasteiger partial charge on any atom is 0.225 e. The molecule has 0 bridgehead atoms.